The van der Waals surface area contributed by atoms with E-state index >= 15 is 0 Å². The van der Waals surface area contributed by atoms with Crippen molar-refractivity contribution in [3.63, 3.8) is 0 Å². The van der Waals surface area contributed by atoms with E-state index < -0.39 is 0 Å². The fourth-order valence-electron chi connectivity index (χ4n) is 2.01. The molecular weight excluding hydrogens is 208 g/mol. The third-order valence-corrected chi connectivity index (χ3v) is 3.14. The van der Waals surface area contributed by atoms with Crippen LogP contribution in [-0.4, -0.2) is 5.71 Å². The Hall–Kier alpha value is -2.09. The second-order valence-corrected chi connectivity index (χ2v) is 4.40. The molecule has 0 spiro atoms. The highest BCUT2D eigenvalue weighted by Gasteiger charge is 2.15. The van der Waals surface area contributed by atoms with Crippen molar-refractivity contribution in [2.75, 3.05) is 5.32 Å². The summed E-state index contributed by atoms with van der Waals surface area (Å²) < 4.78 is 0. The average molecular weight is 222 g/mol. The maximum Gasteiger partial charge on any atom is 0.0875 e. The summed E-state index contributed by atoms with van der Waals surface area (Å²) >= 11 is 0. The van der Waals surface area contributed by atoms with Crippen molar-refractivity contribution in [3.8, 4) is 0 Å². The number of nitrogens with zero attached hydrogens (tertiary/aromatic N) is 1. The molecule has 0 atom stereocenters. The number of allylic oxidation sites excluding steroid dienone is 5. The maximum atomic E-state index is 4.69. The topological polar surface area (TPSA) is 24.4 Å². The first-order valence-corrected chi connectivity index (χ1v) is 5.76. The highest BCUT2D eigenvalue weighted by molar-refractivity contribution is 6.14. The Labute approximate surface area is 101 Å². The van der Waals surface area contributed by atoms with Gasteiger partial charge in [0.1, 0.15) is 0 Å². The van der Waals surface area contributed by atoms with Gasteiger partial charge in [0.15, 0.2) is 0 Å². The van der Waals surface area contributed by atoms with Crippen LogP contribution in [0, 0.1) is 13.8 Å². The lowest BCUT2D eigenvalue weighted by molar-refractivity contribution is 1.30. The molecule has 3 rings (SSSR count). The molecule has 0 saturated carbocycles. The molecule has 2 heteroatoms. The Kier molecular flexibility index (Phi) is 2.22. The molecule has 1 aromatic carbocycles. The van der Waals surface area contributed by atoms with E-state index in [1.165, 1.54) is 11.1 Å². The minimum absolute atomic E-state index is 0.991. The number of fused-ring (bicyclic) bond motifs is 2. The number of benzene rings is 1. The van der Waals surface area contributed by atoms with Gasteiger partial charge in [-0.2, -0.15) is 0 Å². The third-order valence-electron chi connectivity index (χ3n) is 3.14. The lowest BCUT2D eigenvalue weighted by Crippen LogP contribution is -2.13. The number of aliphatic imine (C=N–C) groups is 1. The lowest BCUT2D eigenvalue weighted by atomic mass is 10.1. The van der Waals surface area contributed by atoms with E-state index in [0.717, 1.165) is 22.8 Å². The second-order valence-electron chi connectivity index (χ2n) is 4.40. The van der Waals surface area contributed by atoms with Crippen LogP contribution in [0.3, 0.4) is 0 Å². The number of hydrogen-bond acceptors (Lipinski definition) is 2. The summed E-state index contributed by atoms with van der Waals surface area (Å²) in [5.41, 5.74) is 6.73. The molecule has 0 amide bonds. The summed E-state index contributed by atoms with van der Waals surface area (Å²) in [5.74, 6) is 0. The molecule has 0 fully saturated rings. The summed E-state index contributed by atoms with van der Waals surface area (Å²) in [4.78, 5) is 4.69. The molecule has 0 aromatic heterocycles. The smallest absolute Gasteiger partial charge is 0.0875 e. The minimum Gasteiger partial charge on any atom is -0.352 e. The zero-order valence-electron chi connectivity index (χ0n) is 9.99. The van der Waals surface area contributed by atoms with Gasteiger partial charge in [0, 0.05) is 0 Å². The fourth-order valence-corrected chi connectivity index (χ4v) is 2.01. The molecule has 0 saturated heterocycles. The highest BCUT2D eigenvalue weighted by Crippen LogP contribution is 2.34. The Bertz CT molecular complexity index is 602. The van der Waals surface area contributed by atoms with E-state index in [4.69, 9.17) is 0 Å². The zero-order chi connectivity index (χ0) is 11.8. The maximum absolute atomic E-state index is 4.69. The van der Waals surface area contributed by atoms with Crippen molar-refractivity contribution in [2.45, 2.75) is 13.8 Å². The van der Waals surface area contributed by atoms with Crippen LogP contribution in [0.15, 0.2) is 53.2 Å². The molecule has 0 unspecified atom stereocenters. The number of anilines is 1. The molecule has 1 aliphatic heterocycles. The van der Waals surface area contributed by atoms with Gasteiger partial charge in [0.25, 0.3) is 0 Å². The van der Waals surface area contributed by atoms with Crippen LogP contribution in [0.5, 0.6) is 0 Å². The van der Waals surface area contributed by atoms with Gasteiger partial charge in [-0.15, -0.1) is 0 Å². The van der Waals surface area contributed by atoms with Crippen LogP contribution in [0.1, 0.15) is 11.1 Å². The quantitative estimate of drug-likeness (QED) is 0.709. The third kappa shape index (κ3) is 1.72. The molecule has 2 aliphatic rings. The summed E-state index contributed by atoms with van der Waals surface area (Å²) in [6.45, 7) is 4.24. The number of hydrogen-bond donors (Lipinski definition) is 1. The summed E-state index contributed by atoms with van der Waals surface area (Å²) in [6.07, 6.45) is 10.1. The normalized spacial score (nSPS) is 16.4. The molecule has 1 aliphatic carbocycles. The first-order valence-electron chi connectivity index (χ1n) is 5.76. The molecule has 17 heavy (non-hydrogen) atoms. The predicted octanol–water partition coefficient (Wildman–Crippen LogP) is 3.81. The van der Waals surface area contributed by atoms with Gasteiger partial charge in [0.05, 0.1) is 22.8 Å². The molecule has 1 N–H and O–H groups in total. The van der Waals surface area contributed by atoms with Crippen LogP contribution in [-0.2, 0) is 0 Å². The van der Waals surface area contributed by atoms with E-state index in [1.54, 1.807) is 0 Å². The monoisotopic (exact) mass is 222 g/mol. The van der Waals surface area contributed by atoms with E-state index in [-0.39, 0.29) is 0 Å². The number of aryl methyl sites for hydroxylation is 2. The van der Waals surface area contributed by atoms with Gasteiger partial charge in [-0.3, -0.25) is 0 Å². The molecule has 2 nitrogen and oxygen atoms in total. The van der Waals surface area contributed by atoms with E-state index in [1.807, 2.05) is 24.3 Å². The molecule has 84 valence electrons. The summed E-state index contributed by atoms with van der Waals surface area (Å²) in [7, 11) is 0. The standard InChI is InChI=1S/C15H14N2/c1-10-8-14-15(9-11(10)2)17-13-7-5-3-4-6-12(13)16-14/h3-9,16H,1-2H3. The first kappa shape index (κ1) is 10.1. The predicted molar refractivity (Wildman–Crippen MR) is 73.0 cm³/mol. The van der Waals surface area contributed by atoms with Gasteiger partial charge in [0.2, 0.25) is 0 Å². The van der Waals surface area contributed by atoms with E-state index in [0.29, 0.717) is 0 Å². The summed E-state index contributed by atoms with van der Waals surface area (Å²) in [5, 5.41) is 3.43. The van der Waals surface area contributed by atoms with Crippen molar-refractivity contribution in [3.05, 3.63) is 59.3 Å². The Morgan fingerprint density at radius 1 is 1.00 bits per heavy atom. The van der Waals surface area contributed by atoms with Crippen LogP contribution in [0.25, 0.3) is 0 Å². The zero-order valence-corrected chi connectivity index (χ0v) is 9.99. The van der Waals surface area contributed by atoms with Gasteiger partial charge >= 0.3 is 0 Å². The van der Waals surface area contributed by atoms with Gasteiger partial charge in [-0.25, -0.2) is 4.99 Å². The molecular formula is C15H14N2. The van der Waals surface area contributed by atoms with Gasteiger partial charge < -0.3 is 5.32 Å². The van der Waals surface area contributed by atoms with Crippen molar-refractivity contribution < 1.29 is 0 Å². The van der Waals surface area contributed by atoms with Gasteiger partial charge in [-0.1, -0.05) is 18.2 Å². The second kappa shape index (κ2) is 3.74. The fraction of sp³-hybridized carbons (Fsp3) is 0.133. The SMILES string of the molecule is Cc1cc2c(cc1C)NC1=CC=CC=CC1=N2. The largest absolute Gasteiger partial charge is 0.352 e. The molecule has 1 heterocycles. The molecule has 0 radical (unpaired) electrons. The van der Waals surface area contributed by atoms with Crippen LogP contribution in [0.4, 0.5) is 11.4 Å². The Morgan fingerprint density at radius 3 is 2.71 bits per heavy atom. The van der Waals surface area contributed by atoms with Crippen molar-refractivity contribution in [1.82, 2.24) is 0 Å². The minimum atomic E-state index is 0.991. The molecule has 0 bridgehead atoms. The molecule has 1 aromatic rings. The van der Waals surface area contributed by atoms with Crippen LogP contribution in [0.2, 0.25) is 0 Å². The van der Waals surface area contributed by atoms with Crippen molar-refractivity contribution in [1.29, 1.82) is 0 Å². The average Bonchev–Trinajstić information content (AvgIpc) is 2.53. The van der Waals surface area contributed by atoms with Crippen molar-refractivity contribution in [2.24, 2.45) is 4.99 Å². The van der Waals surface area contributed by atoms with Crippen molar-refractivity contribution >= 4 is 17.1 Å². The Balaban J connectivity index is 2.17. The lowest BCUT2D eigenvalue weighted by Gasteiger charge is -2.20. The number of nitrogens with one attached hydrogen (secondary N) is 1. The van der Waals surface area contributed by atoms with E-state index in [9.17, 15) is 0 Å². The van der Waals surface area contributed by atoms with Crippen LogP contribution >= 0.6 is 0 Å². The Morgan fingerprint density at radius 2 is 1.82 bits per heavy atom. The summed E-state index contributed by atoms with van der Waals surface area (Å²) in [6, 6.07) is 4.29. The number of rotatable bonds is 0. The van der Waals surface area contributed by atoms with E-state index in [2.05, 4.69) is 42.4 Å². The first-order chi connectivity index (χ1) is 8.24. The van der Waals surface area contributed by atoms with Crippen LogP contribution < -0.4 is 5.32 Å². The highest BCUT2D eigenvalue weighted by atomic mass is 15.0. The van der Waals surface area contributed by atoms with Gasteiger partial charge in [-0.05, 0) is 49.3 Å².